The second-order valence-electron chi connectivity index (χ2n) is 5.85. The molecule has 22 heavy (non-hydrogen) atoms. The molecule has 0 radical (unpaired) electrons. The van der Waals surface area contributed by atoms with E-state index in [1.165, 1.54) is 14.8 Å². The molecule has 0 saturated carbocycles. The first-order valence-corrected chi connectivity index (χ1v) is 9.15. The molecule has 0 saturated heterocycles. The Morgan fingerprint density at radius 3 is 2.77 bits per heavy atom. The van der Waals surface area contributed by atoms with Crippen LogP contribution in [-0.2, 0) is 0 Å². The van der Waals surface area contributed by atoms with E-state index in [0.717, 1.165) is 17.0 Å². The van der Waals surface area contributed by atoms with Crippen LogP contribution in [0.3, 0.4) is 0 Å². The smallest absolute Gasteiger partial charge is 0.0568 e. The Balaban J connectivity index is 1.84. The molecule has 0 aromatic heterocycles. The highest BCUT2D eigenvalue weighted by Crippen LogP contribution is 2.51. The van der Waals surface area contributed by atoms with Gasteiger partial charge in [0.2, 0.25) is 0 Å². The van der Waals surface area contributed by atoms with Crippen molar-refractivity contribution in [1.82, 2.24) is 0 Å². The van der Waals surface area contributed by atoms with E-state index in [9.17, 15) is 0 Å². The lowest BCUT2D eigenvalue weighted by Gasteiger charge is -2.38. The van der Waals surface area contributed by atoms with E-state index in [0.29, 0.717) is 16.9 Å². The van der Waals surface area contributed by atoms with Crippen molar-refractivity contribution in [2.45, 2.75) is 18.4 Å². The summed E-state index contributed by atoms with van der Waals surface area (Å²) in [4.78, 5) is 0. The molecule has 0 unspecified atom stereocenters. The Labute approximate surface area is 153 Å². The molecule has 1 heterocycles. The number of halogens is 3. The zero-order valence-electron chi connectivity index (χ0n) is 11.7. The fourth-order valence-electron chi connectivity index (χ4n) is 3.64. The van der Waals surface area contributed by atoms with Crippen LogP contribution >= 0.6 is 45.8 Å². The molecule has 1 aliphatic heterocycles. The van der Waals surface area contributed by atoms with Crippen LogP contribution in [-0.4, -0.2) is 0 Å². The van der Waals surface area contributed by atoms with Gasteiger partial charge < -0.3 is 5.32 Å². The van der Waals surface area contributed by atoms with Crippen molar-refractivity contribution in [1.29, 1.82) is 0 Å². The Hall–Kier alpha value is -0.710. The molecule has 3 atom stereocenters. The molecule has 0 fully saturated rings. The largest absolute Gasteiger partial charge is 0.377 e. The molecule has 1 aliphatic carbocycles. The lowest BCUT2D eigenvalue weighted by molar-refractivity contribution is 0.425. The maximum Gasteiger partial charge on any atom is 0.0568 e. The van der Waals surface area contributed by atoms with Gasteiger partial charge >= 0.3 is 0 Å². The van der Waals surface area contributed by atoms with E-state index in [4.69, 9.17) is 23.2 Å². The summed E-state index contributed by atoms with van der Waals surface area (Å²) >= 11 is 14.9. The van der Waals surface area contributed by atoms with Crippen molar-refractivity contribution in [3.63, 3.8) is 0 Å². The summed E-state index contributed by atoms with van der Waals surface area (Å²) in [5.74, 6) is 0.965. The fraction of sp³-hybridized carbons (Fsp3) is 0.222. The molecule has 112 valence electrons. The van der Waals surface area contributed by atoms with Gasteiger partial charge in [-0.3, -0.25) is 0 Å². The zero-order valence-corrected chi connectivity index (χ0v) is 15.4. The van der Waals surface area contributed by atoms with Gasteiger partial charge in [0.05, 0.1) is 11.7 Å². The number of para-hydroxylation sites is 1. The van der Waals surface area contributed by atoms with E-state index in [1.807, 2.05) is 12.1 Å². The van der Waals surface area contributed by atoms with Crippen LogP contribution in [0.25, 0.3) is 0 Å². The topological polar surface area (TPSA) is 12.0 Å². The maximum absolute atomic E-state index is 6.47. The fourth-order valence-corrected chi connectivity index (χ4v) is 4.85. The number of rotatable bonds is 1. The minimum absolute atomic E-state index is 0.216. The highest BCUT2D eigenvalue weighted by molar-refractivity contribution is 14.1. The van der Waals surface area contributed by atoms with Crippen LogP contribution in [0, 0.1) is 9.49 Å². The monoisotopic (exact) mass is 441 g/mol. The van der Waals surface area contributed by atoms with E-state index in [1.54, 1.807) is 0 Å². The van der Waals surface area contributed by atoms with E-state index in [-0.39, 0.29) is 6.04 Å². The molecule has 0 spiro atoms. The Morgan fingerprint density at radius 2 is 1.95 bits per heavy atom. The van der Waals surface area contributed by atoms with Crippen LogP contribution in [0.4, 0.5) is 5.69 Å². The van der Waals surface area contributed by atoms with E-state index in [2.05, 4.69) is 64.3 Å². The molecule has 2 aliphatic rings. The van der Waals surface area contributed by atoms with Gasteiger partial charge in [0.1, 0.15) is 0 Å². The molecule has 2 aromatic carbocycles. The molecule has 1 N–H and O–H groups in total. The van der Waals surface area contributed by atoms with Crippen molar-refractivity contribution < 1.29 is 0 Å². The highest BCUT2D eigenvalue weighted by Gasteiger charge is 2.39. The first-order valence-electron chi connectivity index (χ1n) is 7.31. The van der Waals surface area contributed by atoms with Gasteiger partial charge in [-0.1, -0.05) is 53.6 Å². The Kier molecular flexibility index (Phi) is 3.87. The number of benzene rings is 2. The van der Waals surface area contributed by atoms with E-state index >= 15 is 0 Å². The standard InChI is InChI=1S/C18H14Cl2IN/c19-10-7-8-14(15(20)9-10)17-12-4-1-3-11(12)13-5-2-6-16(21)18(13)22-17/h1-3,5-9,11-12,17,22H,4H2/t11-,12+,17-/m1/s1. The lowest BCUT2D eigenvalue weighted by Crippen LogP contribution is -2.29. The summed E-state index contributed by atoms with van der Waals surface area (Å²) in [6.07, 6.45) is 5.71. The van der Waals surface area contributed by atoms with Crippen LogP contribution in [0.1, 0.15) is 29.5 Å². The number of nitrogens with one attached hydrogen (secondary N) is 1. The minimum Gasteiger partial charge on any atom is -0.377 e. The number of hydrogen-bond donors (Lipinski definition) is 1. The van der Waals surface area contributed by atoms with Gasteiger partial charge in [-0.2, -0.15) is 0 Å². The summed E-state index contributed by atoms with van der Waals surface area (Å²) < 4.78 is 1.25. The molecular formula is C18H14Cl2IN. The van der Waals surface area contributed by atoms with Gasteiger partial charge in [0.25, 0.3) is 0 Å². The summed E-state index contributed by atoms with van der Waals surface area (Å²) in [7, 11) is 0. The molecule has 4 heteroatoms. The van der Waals surface area contributed by atoms with Crippen LogP contribution in [0.2, 0.25) is 10.0 Å². The van der Waals surface area contributed by atoms with Crippen molar-refractivity contribution in [2.75, 3.05) is 5.32 Å². The van der Waals surface area contributed by atoms with Crippen molar-refractivity contribution in [3.8, 4) is 0 Å². The average Bonchev–Trinajstić information content (AvgIpc) is 2.97. The summed E-state index contributed by atoms with van der Waals surface area (Å²) in [6.45, 7) is 0. The van der Waals surface area contributed by atoms with Crippen molar-refractivity contribution in [2.24, 2.45) is 5.92 Å². The minimum atomic E-state index is 0.216. The van der Waals surface area contributed by atoms with Crippen LogP contribution < -0.4 is 5.32 Å². The predicted molar refractivity (Wildman–Crippen MR) is 102 cm³/mol. The second kappa shape index (κ2) is 5.73. The zero-order chi connectivity index (χ0) is 15.3. The average molecular weight is 442 g/mol. The third-order valence-electron chi connectivity index (χ3n) is 4.64. The predicted octanol–water partition coefficient (Wildman–Crippen LogP) is 6.42. The molecule has 4 rings (SSSR count). The Morgan fingerprint density at radius 1 is 1.09 bits per heavy atom. The van der Waals surface area contributed by atoms with Crippen molar-refractivity contribution >= 4 is 51.5 Å². The lowest BCUT2D eigenvalue weighted by atomic mass is 9.77. The maximum atomic E-state index is 6.47. The van der Waals surface area contributed by atoms with Crippen molar-refractivity contribution in [3.05, 3.63) is 73.3 Å². The third kappa shape index (κ3) is 2.36. The van der Waals surface area contributed by atoms with Gasteiger partial charge in [-0.05, 0) is 64.3 Å². The number of fused-ring (bicyclic) bond motifs is 3. The van der Waals surface area contributed by atoms with Gasteiger partial charge in [0, 0.05) is 19.5 Å². The van der Waals surface area contributed by atoms with Crippen LogP contribution in [0.5, 0.6) is 0 Å². The summed E-state index contributed by atoms with van der Waals surface area (Å²) in [6, 6.07) is 12.5. The normalized spacial score (nSPS) is 25.5. The number of anilines is 1. The Bertz CT molecular complexity index is 772. The molecule has 0 amide bonds. The van der Waals surface area contributed by atoms with Crippen LogP contribution in [0.15, 0.2) is 48.6 Å². The molecule has 0 bridgehead atoms. The molecule has 1 nitrogen and oxygen atoms in total. The van der Waals surface area contributed by atoms with Gasteiger partial charge in [-0.15, -0.1) is 0 Å². The van der Waals surface area contributed by atoms with Gasteiger partial charge in [0.15, 0.2) is 0 Å². The summed E-state index contributed by atoms with van der Waals surface area (Å²) in [5.41, 5.74) is 3.77. The highest BCUT2D eigenvalue weighted by atomic mass is 127. The summed E-state index contributed by atoms with van der Waals surface area (Å²) in [5, 5.41) is 5.16. The van der Waals surface area contributed by atoms with E-state index < -0.39 is 0 Å². The molecular weight excluding hydrogens is 428 g/mol. The number of hydrogen-bond acceptors (Lipinski definition) is 1. The number of allylic oxidation sites excluding steroid dienone is 2. The SMILES string of the molecule is Clc1ccc([C@@H]2Nc3c(I)cccc3[C@@H]3C=CC[C@@H]32)c(Cl)c1. The second-order valence-corrected chi connectivity index (χ2v) is 7.85. The first kappa shape index (κ1) is 14.9. The quantitative estimate of drug-likeness (QED) is 0.397. The third-order valence-corrected chi connectivity index (χ3v) is 6.10. The van der Waals surface area contributed by atoms with Gasteiger partial charge in [-0.25, -0.2) is 0 Å². The first-order chi connectivity index (χ1) is 10.6. The molecule has 2 aromatic rings.